The van der Waals surface area contributed by atoms with Crippen molar-refractivity contribution >= 4 is 44.9 Å². The molecule has 0 saturated heterocycles. The van der Waals surface area contributed by atoms with E-state index in [9.17, 15) is 9.59 Å². The normalized spacial score (nSPS) is 10.8. The molecule has 8 nitrogen and oxygen atoms in total. The summed E-state index contributed by atoms with van der Waals surface area (Å²) in [6.45, 7) is 0.333. The zero-order valence-corrected chi connectivity index (χ0v) is 20.5. The van der Waals surface area contributed by atoms with Crippen molar-refractivity contribution < 1.29 is 19.0 Å². The van der Waals surface area contributed by atoms with E-state index in [0.717, 1.165) is 11.3 Å². The average Bonchev–Trinajstić information content (AvgIpc) is 3.34. The fraction of sp³-hybridized carbons (Fsp3) is 0.208. The third-order valence-corrected chi connectivity index (χ3v) is 6.91. The van der Waals surface area contributed by atoms with Crippen molar-refractivity contribution in [3.05, 3.63) is 69.8 Å². The zero-order chi connectivity index (χ0) is 24.1. The Morgan fingerprint density at radius 3 is 2.47 bits per heavy atom. The van der Waals surface area contributed by atoms with Gasteiger partial charge in [0.2, 0.25) is 5.91 Å². The number of fused-ring (bicyclic) bond motifs is 1. The molecule has 0 aliphatic carbocycles. The average molecular weight is 498 g/mol. The number of thioether (sulfide) groups is 1. The van der Waals surface area contributed by atoms with E-state index in [-0.39, 0.29) is 17.2 Å². The number of thiophene rings is 1. The SMILES string of the molecule is COc1ccc(Cn2c(SCC(=O)Nc3ccc(OC)cc3OC)nc3ccsc3c2=O)cc1. The van der Waals surface area contributed by atoms with Gasteiger partial charge >= 0.3 is 0 Å². The zero-order valence-electron chi connectivity index (χ0n) is 18.9. The molecule has 0 atom stereocenters. The molecule has 0 aliphatic heterocycles. The Labute approximate surface area is 204 Å². The quantitative estimate of drug-likeness (QED) is 0.273. The van der Waals surface area contributed by atoms with Crippen LogP contribution in [0.25, 0.3) is 10.2 Å². The Bertz CT molecular complexity index is 1370. The minimum absolute atomic E-state index is 0.0693. The summed E-state index contributed by atoms with van der Waals surface area (Å²) in [5.41, 5.74) is 1.96. The fourth-order valence-electron chi connectivity index (χ4n) is 3.30. The van der Waals surface area contributed by atoms with Crippen LogP contribution in [-0.4, -0.2) is 42.5 Å². The molecule has 0 spiro atoms. The Kier molecular flexibility index (Phi) is 7.39. The number of aromatic nitrogens is 2. The van der Waals surface area contributed by atoms with Gasteiger partial charge in [0.25, 0.3) is 5.56 Å². The Balaban J connectivity index is 1.55. The first-order chi connectivity index (χ1) is 16.5. The molecule has 2 heterocycles. The molecule has 0 radical (unpaired) electrons. The molecule has 0 bridgehead atoms. The summed E-state index contributed by atoms with van der Waals surface area (Å²) in [6, 6.07) is 14.5. The Hall–Kier alpha value is -3.50. The van der Waals surface area contributed by atoms with Gasteiger partial charge in [-0.1, -0.05) is 23.9 Å². The summed E-state index contributed by atoms with van der Waals surface area (Å²) in [4.78, 5) is 30.5. The van der Waals surface area contributed by atoms with E-state index in [4.69, 9.17) is 14.2 Å². The lowest BCUT2D eigenvalue weighted by Crippen LogP contribution is -2.24. The molecule has 1 N–H and O–H groups in total. The molecule has 0 unspecified atom stereocenters. The smallest absolute Gasteiger partial charge is 0.272 e. The van der Waals surface area contributed by atoms with Gasteiger partial charge < -0.3 is 19.5 Å². The highest BCUT2D eigenvalue weighted by Gasteiger charge is 2.16. The van der Waals surface area contributed by atoms with Crippen molar-refractivity contribution in [1.29, 1.82) is 0 Å². The lowest BCUT2D eigenvalue weighted by atomic mass is 10.2. The molecule has 0 saturated carbocycles. The maximum absolute atomic E-state index is 13.2. The third-order valence-electron chi connectivity index (χ3n) is 5.05. The van der Waals surface area contributed by atoms with Crippen LogP contribution >= 0.6 is 23.1 Å². The molecule has 2 aromatic carbocycles. The van der Waals surface area contributed by atoms with Crippen molar-refractivity contribution in [1.82, 2.24) is 9.55 Å². The molecule has 2 aromatic heterocycles. The second kappa shape index (κ2) is 10.6. The van der Waals surface area contributed by atoms with Crippen LogP contribution in [0.1, 0.15) is 5.56 Å². The summed E-state index contributed by atoms with van der Waals surface area (Å²) in [5.74, 6) is 1.68. The number of carbonyl (C=O) groups excluding carboxylic acids is 1. The molecule has 10 heteroatoms. The van der Waals surface area contributed by atoms with E-state index in [1.807, 2.05) is 35.7 Å². The maximum Gasteiger partial charge on any atom is 0.272 e. The monoisotopic (exact) mass is 497 g/mol. The first kappa shape index (κ1) is 23.7. The van der Waals surface area contributed by atoms with Crippen LogP contribution in [-0.2, 0) is 11.3 Å². The van der Waals surface area contributed by atoms with E-state index in [1.165, 1.54) is 30.2 Å². The molecule has 0 aliphatic rings. The number of carbonyl (C=O) groups is 1. The van der Waals surface area contributed by atoms with E-state index in [2.05, 4.69) is 10.3 Å². The van der Waals surface area contributed by atoms with Gasteiger partial charge in [-0.2, -0.15) is 0 Å². The second-order valence-corrected chi connectivity index (χ2v) is 9.03. The fourth-order valence-corrected chi connectivity index (χ4v) is 4.88. The summed E-state index contributed by atoms with van der Waals surface area (Å²) >= 11 is 2.57. The number of benzene rings is 2. The number of nitrogens with zero attached hydrogens (tertiary/aromatic N) is 2. The van der Waals surface area contributed by atoms with Crippen molar-refractivity contribution in [3.8, 4) is 17.2 Å². The number of hydrogen-bond donors (Lipinski definition) is 1. The first-order valence-corrected chi connectivity index (χ1v) is 12.1. The highest BCUT2D eigenvalue weighted by atomic mass is 32.2. The van der Waals surface area contributed by atoms with Crippen molar-refractivity contribution in [3.63, 3.8) is 0 Å². The summed E-state index contributed by atoms with van der Waals surface area (Å²) in [7, 11) is 4.69. The number of nitrogens with one attached hydrogen (secondary N) is 1. The van der Waals surface area contributed by atoms with Crippen LogP contribution in [0.5, 0.6) is 17.2 Å². The summed E-state index contributed by atoms with van der Waals surface area (Å²) in [5, 5.41) is 5.16. The van der Waals surface area contributed by atoms with Gasteiger partial charge in [-0.15, -0.1) is 11.3 Å². The van der Waals surface area contributed by atoms with E-state index in [0.29, 0.717) is 39.1 Å². The molecule has 4 aromatic rings. The summed E-state index contributed by atoms with van der Waals surface area (Å²) < 4.78 is 17.9. The minimum atomic E-state index is -0.246. The highest BCUT2D eigenvalue weighted by Crippen LogP contribution is 2.29. The van der Waals surface area contributed by atoms with E-state index < -0.39 is 0 Å². The number of anilines is 1. The summed E-state index contributed by atoms with van der Waals surface area (Å²) in [6.07, 6.45) is 0. The number of hydrogen-bond acceptors (Lipinski definition) is 8. The minimum Gasteiger partial charge on any atom is -0.497 e. The van der Waals surface area contributed by atoms with Gasteiger partial charge in [-0.25, -0.2) is 4.98 Å². The van der Waals surface area contributed by atoms with Gasteiger partial charge in [0.1, 0.15) is 21.9 Å². The number of methoxy groups -OCH3 is 3. The predicted octanol–water partition coefficient (Wildman–Crippen LogP) is 4.26. The van der Waals surface area contributed by atoms with Gasteiger partial charge in [0.15, 0.2) is 5.16 Å². The molecular weight excluding hydrogens is 474 g/mol. The number of rotatable bonds is 9. The van der Waals surface area contributed by atoms with Crippen LogP contribution in [0, 0.1) is 0 Å². The van der Waals surface area contributed by atoms with Crippen molar-refractivity contribution in [2.45, 2.75) is 11.7 Å². The lowest BCUT2D eigenvalue weighted by molar-refractivity contribution is -0.113. The molecular formula is C24H23N3O5S2. The maximum atomic E-state index is 13.2. The Morgan fingerprint density at radius 1 is 1.03 bits per heavy atom. The van der Waals surface area contributed by atoms with Crippen LogP contribution in [0.15, 0.2) is 63.9 Å². The van der Waals surface area contributed by atoms with Crippen LogP contribution in [0.4, 0.5) is 5.69 Å². The van der Waals surface area contributed by atoms with Gasteiger partial charge in [-0.3, -0.25) is 14.2 Å². The topological polar surface area (TPSA) is 91.7 Å². The van der Waals surface area contributed by atoms with E-state index in [1.54, 1.807) is 37.0 Å². The van der Waals surface area contributed by atoms with E-state index >= 15 is 0 Å². The van der Waals surface area contributed by atoms with Crippen LogP contribution < -0.4 is 25.1 Å². The molecule has 0 fully saturated rings. The van der Waals surface area contributed by atoms with Crippen LogP contribution in [0.2, 0.25) is 0 Å². The standard InChI is InChI=1S/C24H23N3O5S2/c1-30-16-6-4-15(5-7-16)13-27-23(29)22-19(10-11-33-22)26-24(27)34-14-21(28)25-18-9-8-17(31-2)12-20(18)32-3/h4-12H,13-14H2,1-3H3,(H,25,28). The highest BCUT2D eigenvalue weighted by molar-refractivity contribution is 7.99. The second-order valence-electron chi connectivity index (χ2n) is 7.17. The molecule has 4 rings (SSSR count). The largest absolute Gasteiger partial charge is 0.497 e. The molecule has 176 valence electrons. The molecule has 1 amide bonds. The first-order valence-electron chi connectivity index (χ1n) is 10.3. The predicted molar refractivity (Wildman–Crippen MR) is 135 cm³/mol. The van der Waals surface area contributed by atoms with Crippen molar-refractivity contribution in [2.24, 2.45) is 0 Å². The van der Waals surface area contributed by atoms with Crippen molar-refractivity contribution in [2.75, 3.05) is 32.4 Å². The third kappa shape index (κ3) is 5.18. The van der Waals surface area contributed by atoms with Gasteiger partial charge in [0.05, 0.1) is 44.8 Å². The van der Waals surface area contributed by atoms with Gasteiger partial charge in [-0.05, 0) is 41.3 Å². The van der Waals surface area contributed by atoms with Gasteiger partial charge in [0, 0.05) is 6.07 Å². The number of ether oxygens (including phenoxy) is 3. The van der Waals surface area contributed by atoms with Crippen LogP contribution in [0.3, 0.4) is 0 Å². The number of amides is 1. The Morgan fingerprint density at radius 2 is 1.76 bits per heavy atom. The lowest BCUT2D eigenvalue weighted by Gasteiger charge is -2.13. The molecule has 34 heavy (non-hydrogen) atoms.